The second-order valence-electron chi connectivity index (χ2n) is 6.44. The molecule has 0 aromatic carbocycles. The van der Waals surface area contributed by atoms with Crippen LogP contribution in [0, 0.1) is 6.92 Å². The van der Waals surface area contributed by atoms with E-state index in [1.165, 1.54) is 0 Å². The van der Waals surface area contributed by atoms with Gasteiger partial charge in [0.15, 0.2) is 0 Å². The van der Waals surface area contributed by atoms with Crippen LogP contribution in [0.2, 0.25) is 0 Å². The van der Waals surface area contributed by atoms with Crippen LogP contribution in [0.15, 0.2) is 23.8 Å². The van der Waals surface area contributed by atoms with Gasteiger partial charge < -0.3 is 10.2 Å². The molecule has 3 aromatic heterocycles. The molecule has 26 heavy (non-hydrogen) atoms. The number of piperazine rings is 1. The molecule has 1 N–H and O–H groups in total. The Hall–Kier alpha value is -2.52. The van der Waals surface area contributed by atoms with E-state index in [0.717, 1.165) is 53.7 Å². The zero-order chi connectivity index (χ0) is 18.1. The van der Waals surface area contributed by atoms with E-state index in [0.29, 0.717) is 6.54 Å². The van der Waals surface area contributed by atoms with Gasteiger partial charge in [-0.25, -0.2) is 9.97 Å². The van der Waals surface area contributed by atoms with Crippen molar-refractivity contribution in [3.05, 3.63) is 29.5 Å². The Morgan fingerprint density at radius 3 is 2.81 bits per heavy atom. The molecule has 1 fully saturated rings. The Bertz CT molecular complexity index is 926. The van der Waals surface area contributed by atoms with Gasteiger partial charge in [0.2, 0.25) is 5.91 Å². The van der Waals surface area contributed by atoms with Crippen LogP contribution in [-0.4, -0.2) is 63.3 Å². The molecule has 0 bridgehead atoms. The summed E-state index contributed by atoms with van der Waals surface area (Å²) in [4.78, 5) is 26.5. The average molecular weight is 371 g/mol. The van der Waals surface area contributed by atoms with E-state index in [1.54, 1.807) is 22.3 Å². The SMILES string of the molecule is Cc1cc(NC(=O)CN2CCN(c3ncnc4sccc34)CC2)n(C)n1. The first-order chi connectivity index (χ1) is 12.6. The van der Waals surface area contributed by atoms with Gasteiger partial charge in [0.1, 0.15) is 22.8 Å². The predicted octanol–water partition coefficient (Wildman–Crippen LogP) is 1.49. The number of rotatable bonds is 4. The van der Waals surface area contributed by atoms with Gasteiger partial charge in [0, 0.05) is 39.3 Å². The summed E-state index contributed by atoms with van der Waals surface area (Å²) in [5.74, 6) is 1.71. The van der Waals surface area contributed by atoms with Crippen LogP contribution in [0.1, 0.15) is 5.69 Å². The maximum Gasteiger partial charge on any atom is 0.239 e. The van der Waals surface area contributed by atoms with Gasteiger partial charge in [-0.1, -0.05) is 0 Å². The maximum absolute atomic E-state index is 12.3. The standard InChI is InChI=1S/C17H21N7OS/c1-12-9-14(22(2)21-12)20-15(25)10-23-4-6-24(7-5-23)16-13-3-8-26-17(13)19-11-18-16/h3,8-9,11H,4-7,10H2,1-2H3,(H,20,25). The molecular formula is C17H21N7OS. The van der Waals surface area contributed by atoms with Gasteiger partial charge in [0.25, 0.3) is 0 Å². The first-order valence-corrected chi connectivity index (χ1v) is 9.44. The molecule has 1 saturated heterocycles. The van der Waals surface area contributed by atoms with Crippen LogP contribution < -0.4 is 10.2 Å². The molecule has 4 rings (SSSR count). The van der Waals surface area contributed by atoms with E-state index in [4.69, 9.17) is 0 Å². The van der Waals surface area contributed by atoms with E-state index in [2.05, 4.69) is 36.2 Å². The second kappa shape index (κ2) is 7.00. The Morgan fingerprint density at radius 2 is 2.08 bits per heavy atom. The van der Waals surface area contributed by atoms with Crippen molar-refractivity contribution in [2.45, 2.75) is 6.92 Å². The smallest absolute Gasteiger partial charge is 0.239 e. The van der Waals surface area contributed by atoms with Crippen LogP contribution >= 0.6 is 11.3 Å². The number of thiophene rings is 1. The highest BCUT2D eigenvalue weighted by Crippen LogP contribution is 2.27. The lowest BCUT2D eigenvalue weighted by atomic mass is 10.2. The molecule has 9 heteroatoms. The lowest BCUT2D eigenvalue weighted by Crippen LogP contribution is -2.49. The van der Waals surface area contributed by atoms with Crippen LogP contribution in [0.5, 0.6) is 0 Å². The predicted molar refractivity (Wildman–Crippen MR) is 103 cm³/mol. The molecule has 0 unspecified atom stereocenters. The molecule has 4 heterocycles. The third kappa shape index (κ3) is 3.40. The molecule has 1 aliphatic rings. The van der Waals surface area contributed by atoms with Crippen molar-refractivity contribution in [2.75, 3.05) is 42.9 Å². The van der Waals surface area contributed by atoms with Crippen molar-refractivity contribution in [1.82, 2.24) is 24.6 Å². The molecule has 3 aromatic rings. The lowest BCUT2D eigenvalue weighted by molar-refractivity contribution is -0.117. The van der Waals surface area contributed by atoms with E-state index in [1.807, 2.05) is 25.4 Å². The highest BCUT2D eigenvalue weighted by atomic mass is 32.1. The van der Waals surface area contributed by atoms with E-state index in [9.17, 15) is 4.79 Å². The fourth-order valence-corrected chi connectivity index (χ4v) is 3.99. The number of hydrogen-bond acceptors (Lipinski definition) is 7. The minimum Gasteiger partial charge on any atom is -0.353 e. The zero-order valence-electron chi connectivity index (χ0n) is 14.8. The number of anilines is 2. The quantitative estimate of drug-likeness (QED) is 0.749. The molecule has 1 aliphatic heterocycles. The van der Waals surface area contributed by atoms with E-state index >= 15 is 0 Å². The molecular weight excluding hydrogens is 350 g/mol. The van der Waals surface area contributed by atoms with Crippen molar-refractivity contribution < 1.29 is 4.79 Å². The van der Waals surface area contributed by atoms with Gasteiger partial charge in [-0.3, -0.25) is 14.4 Å². The number of aromatic nitrogens is 4. The highest BCUT2D eigenvalue weighted by Gasteiger charge is 2.22. The molecule has 0 aliphatic carbocycles. The first kappa shape index (κ1) is 16.9. The summed E-state index contributed by atoms with van der Waals surface area (Å²) in [6, 6.07) is 3.95. The lowest BCUT2D eigenvalue weighted by Gasteiger charge is -2.35. The van der Waals surface area contributed by atoms with Gasteiger partial charge in [0.05, 0.1) is 17.6 Å². The van der Waals surface area contributed by atoms with Crippen molar-refractivity contribution in [3.8, 4) is 0 Å². The number of carbonyl (C=O) groups excluding carboxylic acids is 1. The largest absolute Gasteiger partial charge is 0.353 e. The van der Waals surface area contributed by atoms with Crippen LogP contribution in [-0.2, 0) is 11.8 Å². The monoisotopic (exact) mass is 371 g/mol. The normalized spacial score (nSPS) is 15.5. The van der Waals surface area contributed by atoms with Gasteiger partial charge in [-0.15, -0.1) is 11.3 Å². The number of aryl methyl sites for hydroxylation is 2. The van der Waals surface area contributed by atoms with Crippen LogP contribution in [0.4, 0.5) is 11.6 Å². The Kier molecular flexibility index (Phi) is 4.56. The Labute approximate surface area is 155 Å². The molecule has 8 nitrogen and oxygen atoms in total. The molecule has 0 spiro atoms. The summed E-state index contributed by atoms with van der Waals surface area (Å²) in [7, 11) is 1.83. The van der Waals surface area contributed by atoms with Crippen molar-refractivity contribution >= 4 is 39.1 Å². The van der Waals surface area contributed by atoms with Crippen molar-refractivity contribution in [1.29, 1.82) is 0 Å². The highest BCUT2D eigenvalue weighted by molar-refractivity contribution is 7.16. The van der Waals surface area contributed by atoms with E-state index in [-0.39, 0.29) is 5.91 Å². The third-order valence-electron chi connectivity index (χ3n) is 4.55. The van der Waals surface area contributed by atoms with Gasteiger partial charge in [-0.2, -0.15) is 5.10 Å². The third-order valence-corrected chi connectivity index (χ3v) is 5.37. The van der Waals surface area contributed by atoms with E-state index < -0.39 is 0 Å². The minimum absolute atomic E-state index is 0.0105. The summed E-state index contributed by atoms with van der Waals surface area (Å²) in [5.41, 5.74) is 0.890. The van der Waals surface area contributed by atoms with Crippen LogP contribution in [0.25, 0.3) is 10.2 Å². The second-order valence-corrected chi connectivity index (χ2v) is 7.34. The van der Waals surface area contributed by atoms with Crippen molar-refractivity contribution in [3.63, 3.8) is 0 Å². The number of nitrogens with zero attached hydrogens (tertiary/aromatic N) is 6. The summed E-state index contributed by atoms with van der Waals surface area (Å²) in [5, 5.41) is 10.3. The number of amides is 1. The molecule has 0 atom stereocenters. The Morgan fingerprint density at radius 1 is 1.27 bits per heavy atom. The number of hydrogen-bond donors (Lipinski definition) is 1. The number of nitrogens with one attached hydrogen (secondary N) is 1. The van der Waals surface area contributed by atoms with Gasteiger partial charge in [-0.05, 0) is 18.4 Å². The summed E-state index contributed by atoms with van der Waals surface area (Å²) in [6.45, 7) is 5.64. The zero-order valence-corrected chi connectivity index (χ0v) is 15.7. The number of fused-ring (bicyclic) bond motifs is 1. The molecule has 136 valence electrons. The minimum atomic E-state index is -0.0105. The molecule has 0 saturated carbocycles. The fraction of sp³-hybridized carbons (Fsp3) is 0.412. The molecule has 0 radical (unpaired) electrons. The molecule has 1 amide bonds. The van der Waals surface area contributed by atoms with Crippen LogP contribution in [0.3, 0.4) is 0 Å². The van der Waals surface area contributed by atoms with Crippen molar-refractivity contribution in [2.24, 2.45) is 7.05 Å². The fourth-order valence-electron chi connectivity index (χ4n) is 3.26. The Balaban J connectivity index is 1.34. The first-order valence-electron chi connectivity index (χ1n) is 8.56. The topological polar surface area (TPSA) is 79.2 Å². The number of carbonyl (C=O) groups is 1. The summed E-state index contributed by atoms with van der Waals surface area (Å²) in [6.07, 6.45) is 1.63. The summed E-state index contributed by atoms with van der Waals surface area (Å²) < 4.78 is 1.69. The van der Waals surface area contributed by atoms with Gasteiger partial charge >= 0.3 is 0 Å². The average Bonchev–Trinajstić information content (AvgIpc) is 3.21. The maximum atomic E-state index is 12.3. The summed E-state index contributed by atoms with van der Waals surface area (Å²) >= 11 is 1.63.